The molecule has 0 aliphatic heterocycles. The Kier molecular flexibility index (Phi) is 2.79. The van der Waals surface area contributed by atoms with Crippen LogP contribution < -0.4 is 10.5 Å². The monoisotopic (exact) mass is 246 g/mol. The Labute approximate surface area is 93.5 Å². The van der Waals surface area contributed by atoms with Gasteiger partial charge in [-0.15, -0.1) is 0 Å². The second kappa shape index (κ2) is 3.85. The van der Waals surface area contributed by atoms with Crippen molar-refractivity contribution < 1.29 is 17.9 Å². The second-order valence-corrected chi connectivity index (χ2v) is 5.58. The molecule has 0 aromatic carbocycles. The predicted molar refractivity (Wildman–Crippen MR) is 56.0 cm³/mol. The van der Waals surface area contributed by atoms with E-state index >= 15 is 0 Å². The normalized spacial score (nSPS) is 18.6. The summed E-state index contributed by atoms with van der Waals surface area (Å²) >= 11 is 0. The van der Waals surface area contributed by atoms with Gasteiger partial charge in [-0.1, -0.05) is 0 Å². The summed E-state index contributed by atoms with van der Waals surface area (Å²) in [6.07, 6.45) is 1.29. The van der Waals surface area contributed by atoms with E-state index in [0.717, 1.165) is 0 Å². The lowest BCUT2D eigenvalue weighted by Gasteiger charge is -2.12. The van der Waals surface area contributed by atoms with E-state index in [0.29, 0.717) is 18.6 Å². The zero-order valence-electron chi connectivity index (χ0n) is 8.64. The molecule has 1 heterocycles. The number of sulfonamides is 1. The van der Waals surface area contributed by atoms with Crippen LogP contribution in [0.5, 0.6) is 0 Å². The zero-order valence-corrected chi connectivity index (χ0v) is 9.46. The number of hydrogen-bond donors (Lipinski definition) is 3. The molecule has 6 nitrogen and oxygen atoms in total. The molecule has 7 heteroatoms. The van der Waals surface area contributed by atoms with Gasteiger partial charge in [0, 0.05) is 0 Å². The van der Waals surface area contributed by atoms with Crippen molar-refractivity contribution in [3.8, 4) is 0 Å². The molecule has 1 aromatic rings. The summed E-state index contributed by atoms with van der Waals surface area (Å²) in [5.74, 6) is 0.411. The minimum Gasteiger partial charge on any atom is -0.447 e. The first kappa shape index (κ1) is 11.6. The second-order valence-electron chi connectivity index (χ2n) is 3.97. The molecule has 4 N–H and O–H groups in total. The fourth-order valence-electron chi connectivity index (χ4n) is 1.39. The molecule has 1 aliphatic carbocycles. The molecule has 1 saturated carbocycles. The summed E-state index contributed by atoms with van der Waals surface area (Å²) in [5.41, 5.74) is 4.64. The number of rotatable bonds is 5. The molecule has 16 heavy (non-hydrogen) atoms. The van der Waals surface area contributed by atoms with Gasteiger partial charge in [-0.2, -0.15) is 0 Å². The molecule has 0 radical (unpaired) electrons. The average molecular weight is 246 g/mol. The Hall–Kier alpha value is -0.890. The van der Waals surface area contributed by atoms with Crippen LogP contribution in [0.2, 0.25) is 0 Å². The highest BCUT2D eigenvalue weighted by molar-refractivity contribution is 7.89. The lowest BCUT2D eigenvalue weighted by atomic mass is 10.3. The molecule has 0 unspecified atom stereocenters. The quantitative estimate of drug-likeness (QED) is 0.652. The lowest BCUT2D eigenvalue weighted by Crippen LogP contribution is -2.39. The molecule has 1 aromatic heterocycles. The number of hydrogen-bond acceptors (Lipinski definition) is 5. The van der Waals surface area contributed by atoms with Crippen LogP contribution in [0.15, 0.2) is 21.6 Å². The summed E-state index contributed by atoms with van der Waals surface area (Å²) in [7, 11) is -3.69. The smallest absolute Gasteiger partial charge is 0.274 e. The minimum absolute atomic E-state index is 0.153. The first-order chi connectivity index (χ1) is 7.51. The van der Waals surface area contributed by atoms with Crippen molar-refractivity contribution in [2.24, 2.45) is 5.73 Å². The Morgan fingerprint density at radius 2 is 2.19 bits per heavy atom. The largest absolute Gasteiger partial charge is 0.447 e. The third-order valence-corrected chi connectivity index (χ3v) is 4.06. The van der Waals surface area contributed by atoms with E-state index in [-0.39, 0.29) is 18.2 Å². The van der Waals surface area contributed by atoms with Crippen LogP contribution >= 0.6 is 0 Å². The summed E-state index contributed by atoms with van der Waals surface area (Å²) in [6.45, 7) is -0.0443. The van der Waals surface area contributed by atoms with Crippen LogP contribution in [0.4, 0.5) is 0 Å². The van der Waals surface area contributed by atoms with Crippen LogP contribution in [0.1, 0.15) is 18.6 Å². The third-order valence-electron chi connectivity index (χ3n) is 2.61. The van der Waals surface area contributed by atoms with Crippen LogP contribution in [0, 0.1) is 0 Å². The van der Waals surface area contributed by atoms with Crippen molar-refractivity contribution in [2.75, 3.05) is 6.61 Å². The Balaban J connectivity index is 2.19. The molecule has 0 amide bonds. The summed E-state index contributed by atoms with van der Waals surface area (Å²) in [4.78, 5) is 0. The van der Waals surface area contributed by atoms with Crippen molar-refractivity contribution in [3.63, 3.8) is 0 Å². The summed E-state index contributed by atoms with van der Waals surface area (Å²) in [5, 5.41) is 8.88. The predicted octanol–water partition coefficient (Wildman–Crippen LogP) is -0.458. The average Bonchev–Trinajstić information content (AvgIpc) is 2.82. The van der Waals surface area contributed by atoms with Gasteiger partial charge in [0.25, 0.3) is 10.0 Å². The molecular weight excluding hydrogens is 232 g/mol. The number of furan rings is 1. The van der Waals surface area contributed by atoms with Gasteiger partial charge in [-0.05, 0) is 25.0 Å². The maximum absolute atomic E-state index is 11.8. The third kappa shape index (κ3) is 2.12. The van der Waals surface area contributed by atoms with Gasteiger partial charge in [-0.25, -0.2) is 13.1 Å². The van der Waals surface area contributed by atoms with E-state index in [1.807, 2.05) is 0 Å². The van der Waals surface area contributed by atoms with E-state index in [1.165, 1.54) is 12.1 Å². The van der Waals surface area contributed by atoms with Gasteiger partial charge in [0.2, 0.25) is 5.09 Å². The number of nitrogens with two attached hydrogens (primary N) is 1. The van der Waals surface area contributed by atoms with Gasteiger partial charge in [0.05, 0.1) is 18.7 Å². The Bertz CT molecular complexity index is 475. The molecule has 0 bridgehead atoms. The maximum Gasteiger partial charge on any atom is 0.274 e. The molecular formula is C9H14N2O4S. The van der Waals surface area contributed by atoms with Crippen LogP contribution in [-0.2, 0) is 16.6 Å². The number of aliphatic hydroxyl groups is 1. The molecule has 0 atom stereocenters. The van der Waals surface area contributed by atoms with Gasteiger partial charge in [0.15, 0.2) is 0 Å². The van der Waals surface area contributed by atoms with Crippen LogP contribution in [0.25, 0.3) is 0 Å². The van der Waals surface area contributed by atoms with Crippen molar-refractivity contribution >= 4 is 10.0 Å². The van der Waals surface area contributed by atoms with E-state index in [4.69, 9.17) is 15.3 Å². The van der Waals surface area contributed by atoms with Crippen LogP contribution in [-0.4, -0.2) is 25.7 Å². The van der Waals surface area contributed by atoms with Gasteiger partial charge in [0.1, 0.15) is 5.76 Å². The Morgan fingerprint density at radius 1 is 1.50 bits per heavy atom. The van der Waals surface area contributed by atoms with E-state index in [2.05, 4.69) is 4.72 Å². The Morgan fingerprint density at radius 3 is 2.62 bits per heavy atom. The topological polar surface area (TPSA) is 106 Å². The maximum atomic E-state index is 11.8. The first-order valence-corrected chi connectivity index (χ1v) is 6.43. The SMILES string of the molecule is NCc1ccc(S(=O)(=O)NC2(CO)CC2)o1. The minimum atomic E-state index is -3.69. The van der Waals surface area contributed by atoms with Crippen LogP contribution in [0.3, 0.4) is 0 Å². The summed E-state index contributed by atoms with van der Waals surface area (Å²) < 4.78 is 31.1. The van der Waals surface area contributed by atoms with Gasteiger partial charge < -0.3 is 15.3 Å². The fraction of sp³-hybridized carbons (Fsp3) is 0.556. The van der Waals surface area contributed by atoms with Crippen molar-refractivity contribution in [1.29, 1.82) is 0 Å². The fourth-order valence-corrected chi connectivity index (χ4v) is 2.79. The summed E-state index contributed by atoms with van der Waals surface area (Å²) in [6, 6.07) is 2.88. The lowest BCUT2D eigenvalue weighted by molar-refractivity contribution is 0.245. The number of nitrogens with one attached hydrogen (secondary N) is 1. The van der Waals surface area contributed by atoms with E-state index in [9.17, 15) is 8.42 Å². The van der Waals surface area contributed by atoms with E-state index < -0.39 is 15.6 Å². The van der Waals surface area contributed by atoms with E-state index in [1.54, 1.807) is 0 Å². The van der Waals surface area contributed by atoms with Gasteiger partial charge in [-0.3, -0.25) is 0 Å². The number of aliphatic hydroxyl groups excluding tert-OH is 1. The highest BCUT2D eigenvalue weighted by atomic mass is 32.2. The van der Waals surface area contributed by atoms with Crippen molar-refractivity contribution in [2.45, 2.75) is 30.0 Å². The standard InChI is InChI=1S/C9H14N2O4S/c10-5-7-1-2-8(15-7)16(13,14)11-9(6-12)3-4-9/h1-2,11-12H,3-6,10H2. The van der Waals surface area contributed by atoms with Gasteiger partial charge >= 0.3 is 0 Å². The zero-order chi connectivity index (χ0) is 11.8. The molecule has 1 aliphatic rings. The molecule has 0 spiro atoms. The first-order valence-electron chi connectivity index (χ1n) is 4.95. The highest BCUT2D eigenvalue weighted by Gasteiger charge is 2.46. The van der Waals surface area contributed by atoms with Crippen molar-refractivity contribution in [1.82, 2.24) is 4.72 Å². The molecule has 1 fully saturated rings. The highest BCUT2D eigenvalue weighted by Crippen LogP contribution is 2.36. The molecule has 2 rings (SSSR count). The molecule has 90 valence electrons. The van der Waals surface area contributed by atoms with Crippen molar-refractivity contribution in [3.05, 3.63) is 17.9 Å². The molecule has 0 saturated heterocycles.